The van der Waals surface area contributed by atoms with Gasteiger partial charge < -0.3 is 10.5 Å². The Balaban J connectivity index is 2.21. The van der Waals surface area contributed by atoms with E-state index in [0.717, 1.165) is 18.5 Å². The molecule has 102 valence electrons. The number of halogens is 2. The predicted molar refractivity (Wildman–Crippen MR) is 69.0 cm³/mol. The Labute approximate surface area is 109 Å². The van der Waals surface area contributed by atoms with Gasteiger partial charge in [0.15, 0.2) is 0 Å². The maximum atomic E-state index is 12.0. The second kappa shape index (κ2) is 5.69. The number of hydrogen-bond donors (Lipinski definition) is 1. The molecule has 0 spiro atoms. The molecule has 6 heteroatoms. The molecule has 1 heterocycles. The highest BCUT2D eigenvalue weighted by Crippen LogP contribution is 2.26. The molecule has 2 N–H and O–H groups in total. The van der Waals surface area contributed by atoms with Gasteiger partial charge in [-0.05, 0) is 30.7 Å². The fourth-order valence-corrected chi connectivity index (χ4v) is 1.80. The van der Waals surface area contributed by atoms with Crippen molar-refractivity contribution in [2.75, 3.05) is 5.73 Å². The first-order chi connectivity index (χ1) is 9.10. The number of rotatable bonds is 5. The highest BCUT2D eigenvalue weighted by Gasteiger charge is 2.09. The molecule has 0 atom stereocenters. The van der Waals surface area contributed by atoms with E-state index in [1.165, 1.54) is 12.1 Å². The van der Waals surface area contributed by atoms with Crippen molar-refractivity contribution in [3.05, 3.63) is 30.5 Å². The summed E-state index contributed by atoms with van der Waals surface area (Å²) >= 11 is 0. The number of hydrogen-bond acceptors (Lipinski definition) is 3. The zero-order valence-corrected chi connectivity index (χ0v) is 10.5. The van der Waals surface area contributed by atoms with Gasteiger partial charge in [0.05, 0.1) is 5.69 Å². The summed E-state index contributed by atoms with van der Waals surface area (Å²) in [4.78, 5) is 0. The lowest BCUT2D eigenvalue weighted by Crippen LogP contribution is -2.01. The molecule has 0 aliphatic carbocycles. The van der Waals surface area contributed by atoms with Gasteiger partial charge in [0.2, 0.25) is 0 Å². The fraction of sp³-hybridized carbons (Fsp3) is 0.308. The largest absolute Gasteiger partial charge is 0.435 e. The van der Waals surface area contributed by atoms with E-state index in [0.29, 0.717) is 11.4 Å². The van der Waals surface area contributed by atoms with Crippen LogP contribution in [0.3, 0.4) is 0 Å². The molecule has 0 aliphatic heterocycles. The van der Waals surface area contributed by atoms with Gasteiger partial charge >= 0.3 is 6.61 Å². The third kappa shape index (κ3) is 3.21. The number of nitrogen functional groups attached to an aromatic ring is 1. The van der Waals surface area contributed by atoms with E-state index >= 15 is 0 Å². The fourth-order valence-electron chi connectivity index (χ4n) is 1.80. The molecule has 0 saturated carbocycles. The lowest BCUT2D eigenvalue weighted by atomic mass is 10.1. The van der Waals surface area contributed by atoms with Gasteiger partial charge in [0.25, 0.3) is 0 Å². The highest BCUT2D eigenvalue weighted by molar-refractivity contribution is 5.72. The van der Waals surface area contributed by atoms with Crippen LogP contribution in [0, 0.1) is 0 Å². The summed E-state index contributed by atoms with van der Waals surface area (Å²) in [7, 11) is 0. The summed E-state index contributed by atoms with van der Waals surface area (Å²) in [6.45, 7) is 0.0184. The zero-order chi connectivity index (χ0) is 13.8. The molecule has 2 rings (SSSR count). The molecule has 0 unspecified atom stereocenters. The molecule has 1 aromatic carbocycles. The summed E-state index contributed by atoms with van der Waals surface area (Å²) in [5.74, 6) is 0.116. The average Bonchev–Trinajstić information content (AvgIpc) is 2.71. The first kappa shape index (κ1) is 13.3. The van der Waals surface area contributed by atoms with Gasteiger partial charge in [-0.25, -0.2) is 0 Å². The Morgan fingerprint density at radius 1 is 1.32 bits per heavy atom. The summed E-state index contributed by atoms with van der Waals surface area (Å²) < 4.78 is 30.1. The van der Waals surface area contributed by atoms with Crippen LogP contribution < -0.4 is 10.5 Å². The zero-order valence-electron chi connectivity index (χ0n) is 10.5. The summed E-state index contributed by atoms with van der Waals surface area (Å²) in [5.41, 5.74) is 7.88. The van der Waals surface area contributed by atoms with E-state index in [1.807, 2.05) is 6.92 Å². The van der Waals surface area contributed by atoms with Crippen molar-refractivity contribution >= 4 is 5.69 Å². The lowest BCUT2D eigenvalue weighted by Gasteiger charge is -2.05. The van der Waals surface area contributed by atoms with Crippen molar-refractivity contribution < 1.29 is 13.5 Å². The number of benzene rings is 1. The van der Waals surface area contributed by atoms with Crippen molar-refractivity contribution in [3.8, 4) is 17.0 Å². The Bertz CT molecular complexity index is 537. The molecule has 2 aromatic rings. The summed E-state index contributed by atoms with van der Waals surface area (Å²) in [5, 5.41) is 4.36. The van der Waals surface area contributed by atoms with E-state index < -0.39 is 6.61 Å². The minimum atomic E-state index is -2.82. The Kier molecular flexibility index (Phi) is 3.99. The molecule has 0 bridgehead atoms. The first-order valence-corrected chi connectivity index (χ1v) is 5.98. The Morgan fingerprint density at radius 3 is 2.58 bits per heavy atom. The van der Waals surface area contributed by atoms with Crippen LogP contribution in [-0.2, 0) is 6.54 Å². The highest BCUT2D eigenvalue weighted by atomic mass is 19.3. The number of alkyl halides is 2. The van der Waals surface area contributed by atoms with Gasteiger partial charge in [-0.15, -0.1) is 0 Å². The maximum Gasteiger partial charge on any atom is 0.387 e. The number of nitrogens with two attached hydrogens (primary N) is 1. The minimum absolute atomic E-state index is 0.116. The van der Waals surface area contributed by atoms with E-state index in [4.69, 9.17) is 5.73 Å². The third-order valence-corrected chi connectivity index (χ3v) is 2.60. The molecule has 0 fully saturated rings. The second-order valence-corrected chi connectivity index (χ2v) is 4.10. The smallest absolute Gasteiger partial charge is 0.387 e. The summed E-state index contributed by atoms with van der Waals surface area (Å²) in [6, 6.07) is 6.26. The molecule has 0 radical (unpaired) electrons. The monoisotopic (exact) mass is 267 g/mol. The van der Waals surface area contributed by atoms with Gasteiger partial charge in [-0.3, -0.25) is 4.68 Å². The van der Waals surface area contributed by atoms with Crippen molar-refractivity contribution in [1.82, 2.24) is 9.78 Å². The van der Waals surface area contributed by atoms with Crippen LogP contribution in [0.5, 0.6) is 5.75 Å². The van der Waals surface area contributed by atoms with Gasteiger partial charge in [0.1, 0.15) is 11.4 Å². The minimum Gasteiger partial charge on any atom is -0.435 e. The number of aryl methyl sites for hydroxylation is 1. The molecule has 0 amide bonds. The molecule has 4 nitrogen and oxygen atoms in total. The van der Waals surface area contributed by atoms with Crippen LogP contribution in [0.1, 0.15) is 13.3 Å². The molecule has 1 aromatic heterocycles. The van der Waals surface area contributed by atoms with E-state index in [9.17, 15) is 8.78 Å². The van der Waals surface area contributed by atoms with Gasteiger partial charge in [-0.2, -0.15) is 13.9 Å². The first-order valence-electron chi connectivity index (χ1n) is 5.98. The lowest BCUT2D eigenvalue weighted by molar-refractivity contribution is -0.0498. The van der Waals surface area contributed by atoms with Gasteiger partial charge in [-0.1, -0.05) is 6.92 Å². The molecular formula is C13H15F2N3O. The van der Waals surface area contributed by atoms with Crippen molar-refractivity contribution in [2.45, 2.75) is 26.5 Å². The molecule has 19 heavy (non-hydrogen) atoms. The third-order valence-electron chi connectivity index (χ3n) is 2.60. The Hall–Kier alpha value is -2.11. The average molecular weight is 267 g/mol. The topological polar surface area (TPSA) is 53.1 Å². The van der Waals surface area contributed by atoms with E-state index in [-0.39, 0.29) is 5.75 Å². The molecular weight excluding hydrogens is 252 g/mol. The van der Waals surface area contributed by atoms with Gasteiger partial charge in [0, 0.05) is 18.3 Å². The standard InChI is InChI=1S/C13H15F2N3O/c1-2-7-18-8-11(16)12(17-18)9-3-5-10(6-4-9)19-13(14)15/h3-6,8,13H,2,7,16H2,1H3. The number of anilines is 1. The van der Waals surface area contributed by atoms with Crippen LogP contribution >= 0.6 is 0 Å². The van der Waals surface area contributed by atoms with Crippen LogP contribution in [0.15, 0.2) is 30.5 Å². The quantitative estimate of drug-likeness (QED) is 0.905. The van der Waals surface area contributed by atoms with E-state index in [2.05, 4.69) is 9.84 Å². The maximum absolute atomic E-state index is 12.0. The van der Waals surface area contributed by atoms with Crippen molar-refractivity contribution in [1.29, 1.82) is 0 Å². The second-order valence-electron chi connectivity index (χ2n) is 4.10. The summed E-state index contributed by atoms with van der Waals surface area (Å²) in [6.07, 6.45) is 2.73. The molecule has 0 aliphatic rings. The normalized spacial score (nSPS) is 10.9. The predicted octanol–water partition coefficient (Wildman–Crippen LogP) is 3.14. The number of nitrogens with zero attached hydrogens (tertiary/aromatic N) is 2. The van der Waals surface area contributed by atoms with Crippen LogP contribution in [0.25, 0.3) is 11.3 Å². The van der Waals surface area contributed by atoms with Crippen molar-refractivity contribution in [3.63, 3.8) is 0 Å². The van der Waals surface area contributed by atoms with Crippen LogP contribution in [0.2, 0.25) is 0 Å². The number of aromatic nitrogens is 2. The SMILES string of the molecule is CCCn1cc(N)c(-c2ccc(OC(F)F)cc2)n1. The van der Waals surface area contributed by atoms with Crippen LogP contribution in [-0.4, -0.2) is 16.4 Å². The molecule has 0 saturated heterocycles. The van der Waals surface area contributed by atoms with Crippen molar-refractivity contribution in [2.24, 2.45) is 0 Å². The van der Waals surface area contributed by atoms with Crippen LogP contribution in [0.4, 0.5) is 14.5 Å². The van der Waals surface area contributed by atoms with E-state index in [1.54, 1.807) is 23.0 Å². The Morgan fingerprint density at radius 2 is 2.00 bits per heavy atom. The number of ether oxygens (including phenoxy) is 1.